The minimum atomic E-state index is -4.58. The number of rotatable bonds is 9. The highest BCUT2D eigenvalue weighted by Crippen LogP contribution is 2.51. The zero-order chi connectivity index (χ0) is 19.5. The van der Waals surface area contributed by atoms with Crippen molar-refractivity contribution in [2.24, 2.45) is 5.41 Å². The van der Waals surface area contributed by atoms with Gasteiger partial charge in [-0.2, -0.15) is 17.6 Å². The number of benzene rings is 1. The highest BCUT2D eigenvalue weighted by molar-refractivity contribution is 5.33. The van der Waals surface area contributed by atoms with Crippen molar-refractivity contribution in [2.45, 2.75) is 84.7 Å². The summed E-state index contributed by atoms with van der Waals surface area (Å²) in [6, 6.07) is 6.14. The summed E-state index contributed by atoms with van der Waals surface area (Å²) in [6.07, 6.45) is -3.10. The molecule has 144 valence electrons. The highest BCUT2D eigenvalue weighted by Gasteiger charge is 2.67. The van der Waals surface area contributed by atoms with Crippen LogP contribution in [0, 0.1) is 5.41 Å². The molecule has 0 fully saturated rings. The summed E-state index contributed by atoms with van der Waals surface area (Å²) in [7, 11) is 0. The lowest BCUT2D eigenvalue weighted by atomic mass is 9.77. The Morgan fingerprint density at radius 1 is 0.840 bits per heavy atom. The van der Waals surface area contributed by atoms with Gasteiger partial charge in [0.2, 0.25) is 0 Å². The zero-order valence-electron chi connectivity index (χ0n) is 16.1. The molecular formula is C20H30F4O. The lowest BCUT2D eigenvalue weighted by Crippen LogP contribution is -2.55. The molecule has 0 aliphatic heterocycles. The summed E-state index contributed by atoms with van der Waals surface area (Å²) >= 11 is 0. The average Bonchev–Trinajstić information content (AvgIpc) is 2.59. The quantitative estimate of drug-likeness (QED) is 0.422. The molecule has 1 aromatic carbocycles. The lowest BCUT2D eigenvalue weighted by molar-refractivity contribution is -0.346. The number of hydrogen-bond acceptors (Lipinski definition) is 1. The van der Waals surface area contributed by atoms with E-state index in [4.69, 9.17) is 0 Å². The van der Waals surface area contributed by atoms with Gasteiger partial charge in [-0.15, -0.1) is 0 Å². The normalized spacial score (nSPS) is 13.8. The van der Waals surface area contributed by atoms with Gasteiger partial charge in [-0.1, -0.05) is 53.7 Å². The molecule has 5 heteroatoms. The minimum Gasteiger partial charge on any atom is -0.428 e. The number of alkyl halides is 4. The average molecular weight is 362 g/mol. The van der Waals surface area contributed by atoms with Gasteiger partial charge in [0.05, 0.1) is 0 Å². The van der Waals surface area contributed by atoms with E-state index in [9.17, 15) is 17.6 Å². The van der Waals surface area contributed by atoms with Gasteiger partial charge in [0, 0.05) is 5.41 Å². The standard InChI is InChI=1S/C20H30F4O/c1-7-17(5,8-2)15-12-11-13-16(14-15)25-20(23,24)19(21,22)18(6,9-3)10-4/h11-14H,7-10H2,1-6H3. The topological polar surface area (TPSA) is 9.23 Å². The molecular weight excluding hydrogens is 332 g/mol. The van der Waals surface area contributed by atoms with E-state index in [1.165, 1.54) is 32.9 Å². The van der Waals surface area contributed by atoms with Crippen LogP contribution >= 0.6 is 0 Å². The maximum atomic E-state index is 14.5. The molecule has 0 spiro atoms. The summed E-state index contributed by atoms with van der Waals surface area (Å²) in [5.41, 5.74) is -1.24. The zero-order valence-corrected chi connectivity index (χ0v) is 16.1. The first kappa shape index (κ1) is 21.8. The Hall–Kier alpha value is -1.26. The van der Waals surface area contributed by atoms with Gasteiger partial charge in [-0.25, -0.2) is 0 Å². The number of halogens is 4. The van der Waals surface area contributed by atoms with E-state index in [-0.39, 0.29) is 24.0 Å². The summed E-state index contributed by atoms with van der Waals surface area (Å²) in [5, 5.41) is 0. The fourth-order valence-corrected chi connectivity index (χ4v) is 2.85. The molecule has 0 atom stereocenters. The van der Waals surface area contributed by atoms with Crippen LogP contribution in [0.1, 0.15) is 72.8 Å². The van der Waals surface area contributed by atoms with E-state index in [0.717, 1.165) is 18.4 Å². The van der Waals surface area contributed by atoms with Gasteiger partial charge < -0.3 is 4.74 Å². The molecule has 0 radical (unpaired) electrons. The number of hydrogen-bond donors (Lipinski definition) is 0. The Balaban J connectivity index is 3.20. The van der Waals surface area contributed by atoms with E-state index in [1.807, 2.05) is 26.8 Å². The van der Waals surface area contributed by atoms with Crippen molar-refractivity contribution in [3.63, 3.8) is 0 Å². The first-order valence-electron chi connectivity index (χ1n) is 8.98. The van der Waals surface area contributed by atoms with Crippen molar-refractivity contribution < 1.29 is 22.3 Å². The van der Waals surface area contributed by atoms with Gasteiger partial charge in [-0.05, 0) is 48.8 Å². The van der Waals surface area contributed by atoms with Crippen molar-refractivity contribution in [1.82, 2.24) is 0 Å². The van der Waals surface area contributed by atoms with Crippen LogP contribution in [0.5, 0.6) is 5.75 Å². The first-order chi connectivity index (χ1) is 11.4. The Morgan fingerprint density at radius 3 is 1.80 bits per heavy atom. The molecule has 0 unspecified atom stereocenters. The highest BCUT2D eigenvalue weighted by atomic mass is 19.3. The molecule has 0 saturated carbocycles. The van der Waals surface area contributed by atoms with Crippen molar-refractivity contribution >= 4 is 0 Å². The van der Waals surface area contributed by atoms with Crippen molar-refractivity contribution in [3.05, 3.63) is 29.8 Å². The van der Waals surface area contributed by atoms with Crippen molar-refractivity contribution in [1.29, 1.82) is 0 Å². The van der Waals surface area contributed by atoms with Crippen LogP contribution in [0.2, 0.25) is 0 Å². The predicted octanol–water partition coefficient (Wildman–Crippen LogP) is 7.20. The van der Waals surface area contributed by atoms with Gasteiger partial charge in [-0.3, -0.25) is 0 Å². The molecule has 0 heterocycles. The third-order valence-electron chi connectivity index (χ3n) is 6.02. The molecule has 1 aromatic rings. The third-order valence-corrected chi connectivity index (χ3v) is 6.02. The fraction of sp³-hybridized carbons (Fsp3) is 0.700. The third kappa shape index (κ3) is 3.95. The molecule has 0 saturated heterocycles. The van der Waals surface area contributed by atoms with E-state index >= 15 is 0 Å². The lowest BCUT2D eigenvalue weighted by Gasteiger charge is -2.39. The van der Waals surface area contributed by atoms with Gasteiger partial charge >= 0.3 is 12.0 Å². The molecule has 0 aliphatic rings. The Bertz CT molecular complexity index is 561. The Labute approximate surface area is 148 Å². The van der Waals surface area contributed by atoms with Crippen LogP contribution in [-0.2, 0) is 5.41 Å². The SMILES string of the molecule is CCC(C)(CC)c1cccc(OC(F)(F)C(F)(F)C(C)(CC)CC)c1. The van der Waals surface area contributed by atoms with E-state index in [2.05, 4.69) is 4.74 Å². The van der Waals surface area contributed by atoms with Gasteiger partial charge in [0.1, 0.15) is 5.75 Å². The van der Waals surface area contributed by atoms with E-state index < -0.39 is 17.4 Å². The Kier molecular flexibility index (Phi) is 6.57. The summed E-state index contributed by atoms with van der Waals surface area (Å²) in [4.78, 5) is 0. The molecule has 0 aliphatic carbocycles. The van der Waals surface area contributed by atoms with Gasteiger partial charge in [0.25, 0.3) is 0 Å². The second-order valence-electron chi connectivity index (χ2n) is 7.26. The minimum absolute atomic E-state index is 0.0702. The van der Waals surface area contributed by atoms with Crippen LogP contribution in [0.4, 0.5) is 17.6 Å². The van der Waals surface area contributed by atoms with Gasteiger partial charge in [0.15, 0.2) is 0 Å². The molecule has 0 N–H and O–H groups in total. The maximum Gasteiger partial charge on any atom is 0.464 e. The first-order valence-corrected chi connectivity index (χ1v) is 8.98. The van der Waals surface area contributed by atoms with E-state index in [1.54, 1.807) is 6.07 Å². The van der Waals surface area contributed by atoms with Crippen LogP contribution in [0.15, 0.2) is 24.3 Å². The van der Waals surface area contributed by atoms with Crippen LogP contribution < -0.4 is 4.74 Å². The molecule has 0 aromatic heterocycles. The van der Waals surface area contributed by atoms with Crippen molar-refractivity contribution in [3.8, 4) is 5.75 Å². The van der Waals surface area contributed by atoms with E-state index in [0.29, 0.717) is 0 Å². The molecule has 1 rings (SSSR count). The Morgan fingerprint density at radius 2 is 1.36 bits per heavy atom. The monoisotopic (exact) mass is 362 g/mol. The summed E-state index contributed by atoms with van der Waals surface area (Å²) < 4.78 is 62.4. The maximum absolute atomic E-state index is 14.5. The van der Waals surface area contributed by atoms with Crippen molar-refractivity contribution in [2.75, 3.05) is 0 Å². The second kappa shape index (κ2) is 7.55. The van der Waals surface area contributed by atoms with Crippen LogP contribution in [-0.4, -0.2) is 12.0 Å². The smallest absolute Gasteiger partial charge is 0.428 e. The summed E-state index contributed by atoms with van der Waals surface area (Å²) in [5.74, 6) is -4.51. The summed E-state index contributed by atoms with van der Waals surface area (Å²) in [6.45, 7) is 10.2. The molecule has 1 nitrogen and oxygen atoms in total. The van der Waals surface area contributed by atoms with Crippen LogP contribution in [0.3, 0.4) is 0 Å². The fourth-order valence-electron chi connectivity index (χ4n) is 2.85. The predicted molar refractivity (Wildman–Crippen MR) is 93.6 cm³/mol. The molecule has 25 heavy (non-hydrogen) atoms. The molecule has 0 bridgehead atoms. The second-order valence-corrected chi connectivity index (χ2v) is 7.26. The molecule has 0 amide bonds. The van der Waals surface area contributed by atoms with Crippen LogP contribution in [0.25, 0.3) is 0 Å². The number of ether oxygens (including phenoxy) is 1. The largest absolute Gasteiger partial charge is 0.464 e.